The number of likely N-dealkylation sites (tertiary alicyclic amines) is 1. The molecule has 7 heteroatoms. The van der Waals surface area contributed by atoms with Crippen molar-refractivity contribution in [3.63, 3.8) is 0 Å². The van der Waals surface area contributed by atoms with Crippen LogP contribution in [0.5, 0.6) is 0 Å². The molecule has 0 spiro atoms. The van der Waals surface area contributed by atoms with Crippen molar-refractivity contribution in [3.8, 4) is 0 Å². The molecule has 1 amide bonds. The molecular weight excluding hydrogens is 330 g/mol. The smallest absolute Gasteiger partial charge is 0.338 e. The summed E-state index contributed by atoms with van der Waals surface area (Å²) in [6.45, 7) is 2.46. The molecule has 1 aliphatic heterocycles. The molecule has 1 atom stereocenters. The molecule has 1 aliphatic rings. The van der Waals surface area contributed by atoms with Crippen molar-refractivity contribution in [1.29, 1.82) is 0 Å². The molecule has 6 nitrogen and oxygen atoms in total. The van der Waals surface area contributed by atoms with Crippen LogP contribution in [0, 0.1) is 0 Å². The molecule has 1 saturated heterocycles. The SMILES string of the molecule is CC[C@@H]1CCCCN1C(=O)COC(=O)c1ccc(S(C)(=O)=O)cc1. The van der Waals surface area contributed by atoms with Gasteiger partial charge in [0.05, 0.1) is 10.5 Å². The van der Waals surface area contributed by atoms with Crippen LogP contribution >= 0.6 is 0 Å². The molecule has 0 saturated carbocycles. The van der Waals surface area contributed by atoms with Gasteiger partial charge in [0.2, 0.25) is 0 Å². The summed E-state index contributed by atoms with van der Waals surface area (Å²) >= 11 is 0. The Hall–Kier alpha value is -1.89. The normalized spacial score (nSPS) is 18.2. The first-order valence-electron chi connectivity index (χ1n) is 8.09. The predicted octanol–water partition coefficient (Wildman–Crippen LogP) is 2.04. The topological polar surface area (TPSA) is 80.8 Å². The molecule has 24 heavy (non-hydrogen) atoms. The molecule has 1 aromatic rings. The van der Waals surface area contributed by atoms with Gasteiger partial charge in [-0.05, 0) is 49.9 Å². The van der Waals surface area contributed by atoms with Crippen LogP contribution in [0.25, 0.3) is 0 Å². The number of benzene rings is 1. The van der Waals surface area contributed by atoms with Crippen molar-refractivity contribution < 1.29 is 22.7 Å². The number of sulfone groups is 1. The molecular formula is C17H23NO5S. The maximum absolute atomic E-state index is 12.3. The van der Waals surface area contributed by atoms with Crippen LogP contribution in [-0.4, -0.2) is 50.6 Å². The number of piperidine rings is 1. The Kier molecular flexibility index (Phi) is 5.99. The zero-order valence-electron chi connectivity index (χ0n) is 14.0. The number of carbonyl (C=O) groups excluding carboxylic acids is 2. The quantitative estimate of drug-likeness (QED) is 0.757. The summed E-state index contributed by atoms with van der Waals surface area (Å²) in [6.07, 6.45) is 5.08. The van der Waals surface area contributed by atoms with Crippen LogP contribution in [0.4, 0.5) is 0 Å². The Morgan fingerprint density at radius 3 is 2.46 bits per heavy atom. The maximum atomic E-state index is 12.3. The summed E-state index contributed by atoms with van der Waals surface area (Å²) in [6, 6.07) is 5.70. The van der Waals surface area contributed by atoms with Gasteiger partial charge in [-0.15, -0.1) is 0 Å². The van der Waals surface area contributed by atoms with Gasteiger partial charge < -0.3 is 9.64 Å². The zero-order valence-corrected chi connectivity index (χ0v) is 14.8. The first-order chi connectivity index (χ1) is 11.3. The lowest BCUT2D eigenvalue weighted by molar-refractivity contribution is -0.138. The number of hydrogen-bond acceptors (Lipinski definition) is 5. The molecule has 1 fully saturated rings. The average molecular weight is 353 g/mol. The summed E-state index contributed by atoms with van der Waals surface area (Å²) in [4.78, 5) is 26.2. The van der Waals surface area contributed by atoms with E-state index in [4.69, 9.17) is 4.74 Å². The second-order valence-electron chi connectivity index (χ2n) is 6.02. The van der Waals surface area contributed by atoms with E-state index in [1.165, 1.54) is 24.3 Å². The van der Waals surface area contributed by atoms with E-state index in [0.717, 1.165) is 31.9 Å². The van der Waals surface area contributed by atoms with Crippen LogP contribution in [0.15, 0.2) is 29.2 Å². The van der Waals surface area contributed by atoms with E-state index in [1.807, 2.05) is 6.92 Å². The lowest BCUT2D eigenvalue weighted by Gasteiger charge is -2.35. The van der Waals surface area contributed by atoms with Crippen molar-refractivity contribution in [2.75, 3.05) is 19.4 Å². The monoisotopic (exact) mass is 353 g/mol. The van der Waals surface area contributed by atoms with Gasteiger partial charge in [-0.1, -0.05) is 6.92 Å². The minimum atomic E-state index is -3.31. The highest BCUT2D eigenvalue weighted by molar-refractivity contribution is 7.90. The van der Waals surface area contributed by atoms with Crippen molar-refractivity contribution in [3.05, 3.63) is 29.8 Å². The van der Waals surface area contributed by atoms with Crippen molar-refractivity contribution in [2.24, 2.45) is 0 Å². The highest BCUT2D eigenvalue weighted by Crippen LogP contribution is 2.19. The third-order valence-corrected chi connectivity index (χ3v) is 5.39. The molecule has 2 rings (SSSR count). The zero-order chi connectivity index (χ0) is 17.7. The Labute approximate surface area is 142 Å². The number of ether oxygens (including phenoxy) is 1. The van der Waals surface area contributed by atoms with Crippen molar-refractivity contribution in [1.82, 2.24) is 4.90 Å². The number of esters is 1. The first kappa shape index (κ1) is 18.4. The molecule has 132 valence electrons. The Balaban J connectivity index is 1.94. The highest BCUT2D eigenvalue weighted by Gasteiger charge is 2.26. The van der Waals surface area contributed by atoms with Gasteiger partial charge in [-0.3, -0.25) is 4.79 Å². The fourth-order valence-corrected chi connectivity index (χ4v) is 3.52. The third kappa shape index (κ3) is 4.56. The average Bonchev–Trinajstić information content (AvgIpc) is 2.58. The summed E-state index contributed by atoms with van der Waals surface area (Å²) in [5.41, 5.74) is 0.223. The molecule has 1 heterocycles. The van der Waals surface area contributed by atoms with E-state index in [1.54, 1.807) is 4.90 Å². The van der Waals surface area contributed by atoms with Gasteiger partial charge in [0, 0.05) is 18.8 Å². The summed E-state index contributed by atoms with van der Waals surface area (Å²) in [7, 11) is -3.31. The molecule has 0 aromatic heterocycles. The van der Waals surface area contributed by atoms with E-state index in [2.05, 4.69) is 0 Å². The third-order valence-electron chi connectivity index (χ3n) is 4.26. The summed E-state index contributed by atoms with van der Waals surface area (Å²) in [5, 5.41) is 0. The van der Waals surface area contributed by atoms with Crippen LogP contribution in [-0.2, 0) is 19.4 Å². The Bertz CT molecular complexity index is 696. The molecule has 0 aliphatic carbocycles. The van der Waals surface area contributed by atoms with E-state index >= 15 is 0 Å². The molecule has 0 bridgehead atoms. The van der Waals surface area contributed by atoms with Crippen LogP contribution in [0.3, 0.4) is 0 Å². The second kappa shape index (κ2) is 7.79. The van der Waals surface area contributed by atoms with Crippen molar-refractivity contribution >= 4 is 21.7 Å². The fraction of sp³-hybridized carbons (Fsp3) is 0.529. The molecule has 1 aromatic carbocycles. The largest absolute Gasteiger partial charge is 0.452 e. The lowest BCUT2D eigenvalue weighted by atomic mass is 10.00. The highest BCUT2D eigenvalue weighted by atomic mass is 32.2. The van der Waals surface area contributed by atoms with Gasteiger partial charge >= 0.3 is 5.97 Å². The van der Waals surface area contributed by atoms with Crippen LogP contribution < -0.4 is 0 Å². The first-order valence-corrected chi connectivity index (χ1v) is 9.98. The van der Waals surface area contributed by atoms with Gasteiger partial charge in [-0.25, -0.2) is 13.2 Å². The van der Waals surface area contributed by atoms with E-state index in [0.29, 0.717) is 6.54 Å². The van der Waals surface area contributed by atoms with E-state index in [-0.39, 0.29) is 29.0 Å². The molecule has 0 radical (unpaired) electrons. The molecule has 0 N–H and O–H groups in total. The number of nitrogens with zero attached hydrogens (tertiary/aromatic N) is 1. The summed E-state index contributed by atoms with van der Waals surface area (Å²) < 4.78 is 27.9. The predicted molar refractivity (Wildman–Crippen MR) is 89.5 cm³/mol. The van der Waals surface area contributed by atoms with Crippen LogP contribution in [0.1, 0.15) is 43.0 Å². The number of rotatable bonds is 5. The van der Waals surface area contributed by atoms with Crippen LogP contribution in [0.2, 0.25) is 0 Å². The second-order valence-corrected chi connectivity index (χ2v) is 8.03. The summed E-state index contributed by atoms with van der Waals surface area (Å²) in [5.74, 6) is -0.809. The van der Waals surface area contributed by atoms with E-state index in [9.17, 15) is 18.0 Å². The van der Waals surface area contributed by atoms with Gasteiger partial charge in [0.25, 0.3) is 5.91 Å². The van der Waals surface area contributed by atoms with Crippen molar-refractivity contribution in [2.45, 2.75) is 43.5 Å². The lowest BCUT2D eigenvalue weighted by Crippen LogP contribution is -2.45. The minimum Gasteiger partial charge on any atom is -0.452 e. The maximum Gasteiger partial charge on any atom is 0.338 e. The van der Waals surface area contributed by atoms with Gasteiger partial charge in [0.15, 0.2) is 16.4 Å². The number of amides is 1. The molecule has 0 unspecified atom stereocenters. The number of carbonyl (C=O) groups is 2. The Morgan fingerprint density at radius 2 is 1.88 bits per heavy atom. The van der Waals surface area contributed by atoms with E-state index < -0.39 is 15.8 Å². The standard InChI is InChI=1S/C17H23NO5S/c1-3-14-6-4-5-11-18(14)16(19)12-23-17(20)13-7-9-15(10-8-13)24(2,21)22/h7-10,14H,3-6,11-12H2,1-2H3/t14-/m1/s1. The van der Waals surface area contributed by atoms with Gasteiger partial charge in [0.1, 0.15) is 0 Å². The van der Waals surface area contributed by atoms with Gasteiger partial charge in [-0.2, -0.15) is 0 Å². The minimum absolute atomic E-state index is 0.134. The number of hydrogen-bond donors (Lipinski definition) is 0. The fourth-order valence-electron chi connectivity index (χ4n) is 2.89. The Morgan fingerprint density at radius 1 is 1.21 bits per heavy atom.